The van der Waals surface area contributed by atoms with E-state index in [0.29, 0.717) is 5.56 Å². The second-order valence-corrected chi connectivity index (χ2v) is 5.76. The van der Waals surface area contributed by atoms with E-state index in [4.69, 9.17) is 0 Å². The number of aliphatic hydroxyl groups excluding tert-OH is 1. The summed E-state index contributed by atoms with van der Waals surface area (Å²) in [6, 6.07) is 5.46. The molecule has 0 fully saturated rings. The molecule has 0 bridgehead atoms. The third kappa shape index (κ3) is 2.23. The molecule has 1 aromatic carbocycles. The van der Waals surface area contributed by atoms with Crippen molar-refractivity contribution in [3.63, 3.8) is 0 Å². The predicted octanol–water partition coefficient (Wildman–Crippen LogP) is 2.14. The fourth-order valence-electron chi connectivity index (χ4n) is 1.56. The number of hydrogen-bond donors (Lipinski definition) is 1. The van der Waals surface area contributed by atoms with Crippen LogP contribution in [0.5, 0.6) is 0 Å². The summed E-state index contributed by atoms with van der Waals surface area (Å²) in [7, 11) is 1.70. The van der Waals surface area contributed by atoms with Crippen LogP contribution in [-0.2, 0) is 0 Å². The van der Waals surface area contributed by atoms with Crippen LogP contribution in [0.2, 0.25) is 0 Å². The number of likely N-dealkylation sites (N-methyl/N-ethyl adjacent to an activating group) is 1. The Morgan fingerprint density at radius 3 is 2.89 bits per heavy atom. The van der Waals surface area contributed by atoms with Gasteiger partial charge < -0.3 is 10.0 Å². The molecule has 2 rings (SSSR count). The molecule has 0 atom stereocenters. The number of nitrogens with zero attached hydrogens (tertiary/aromatic N) is 2. The van der Waals surface area contributed by atoms with Crippen molar-refractivity contribution in [3.8, 4) is 0 Å². The monoisotopic (exact) mass is 264 g/mol. The molecule has 18 heavy (non-hydrogen) atoms. The molecule has 1 amide bonds. The number of fused-ring (bicyclic) bond motifs is 1. The second kappa shape index (κ2) is 4.66. The summed E-state index contributed by atoms with van der Waals surface area (Å²) in [6.45, 7) is 3.59. The lowest BCUT2D eigenvalue weighted by atomic mass is 10.0. The lowest BCUT2D eigenvalue weighted by molar-refractivity contribution is 0.0473. The third-order valence-electron chi connectivity index (χ3n) is 3.18. The lowest BCUT2D eigenvalue weighted by Crippen LogP contribution is -2.47. The summed E-state index contributed by atoms with van der Waals surface area (Å²) in [5.74, 6) is -0.0932. The van der Waals surface area contributed by atoms with Crippen molar-refractivity contribution in [2.24, 2.45) is 0 Å². The van der Waals surface area contributed by atoms with Crippen LogP contribution in [0.25, 0.3) is 10.2 Å². The van der Waals surface area contributed by atoms with Gasteiger partial charge in [-0.1, -0.05) is 0 Å². The minimum Gasteiger partial charge on any atom is -0.394 e. The van der Waals surface area contributed by atoms with Crippen LogP contribution in [-0.4, -0.2) is 40.1 Å². The molecule has 0 unspecified atom stereocenters. The summed E-state index contributed by atoms with van der Waals surface area (Å²) in [5.41, 5.74) is 2.72. The number of hydrogen-bond acceptors (Lipinski definition) is 4. The van der Waals surface area contributed by atoms with Gasteiger partial charge in [0.1, 0.15) is 0 Å². The average Bonchev–Trinajstić information content (AvgIpc) is 2.84. The molecule has 2 aromatic rings. The normalized spacial score (nSPS) is 11.8. The Morgan fingerprint density at radius 1 is 1.50 bits per heavy atom. The van der Waals surface area contributed by atoms with Gasteiger partial charge in [0, 0.05) is 12.6 Å². The zero-order valence-corrected chi connectivity index (χ0v) is 11.5. The molecule has 5 heteroatoms. The number of carbonyl (C=O) groups excluding carboxylic acids is 1. The van der Waals surface area contributed by atoms with Crippen LogP contribution in [0.15, 0.2) is 23.7 Å². The van der Waals surface area contributed by atoms with E-state index >= 15 is 0 Å². The summed E-state index contributed by atoms with van der Waals surface area (Å²) in [5, 5.41) is 9.30. The molecule has 1 aromatic heterocycles. The summed E-state index contributed by atoms with van der Waals surface area (Å²) >= 11 is 1.51. The highest BCUT2D eigenvalue weighted by atomic mass is 32.1. The minimum absolute atomic E-state index is 0.0714. The van der Waals surface area contributed by atoms with E-state index in [9.17, 15) is 9.90 Å². The maximum Gasteiger partial charge on any atom is 0.254 e. The number of benzene rings is 1. The SMILES string of the molecule is CN(C(=O)c1ccc2ncsc2c1)C(C)(C)CO. The largest absolute Gasteiger partial charge is 0.394 e. The van der Waals surface area contributed by atoms with Crippen LogP contribution in [0.1, 0.15) is 24.2 Å². The van der Waals surface area contributed by atoms with E-state index < -0.39 is 5.54 Å². The molecule has 1 N–H and O–H groups in total. The highest BCUT2D eigenvalue weighted by Crippen LogP contribution is 2.21. The van der Waals surface area contributed by atoms with Gasteiger partial charge in [-0.3, -0.25) is 4.79 Å². The topological polar surface area (TPSA) is 53.4 Å². The van der Waals surface area contributed by atoms with Crippen LogP contribution in [0.4, 0.5) is 0 Å². The van der Waals surface area contributed by atoms with Crippen molar-refractivity contribution in [2.75, 3.05) is 13.7 Å². The summed E-state index contributed by atoms with van der Waals surface area (Å²) < 4.78 is 0.996. The van der Waals surface area contributed by atoms with Gasteiger partial charge in [0.05, 0.1) is 27.9 Å². The van der Waals surface area contributed by atoms with Crippen LogP contribution in [0.3, 0.4) is 0 Å². The quantitative estimate of drug-likeness (QED) is 0.924. The molecular weight excluding hydrogens is 248 g/mol. The Labute approximate surface area is 110 Å². The highest BCUT2D eigenvalue weighted by Gasteiger charge is 2.27. The first-order valence-corrected chi connectivity index (χ1v) is 6.56. The van der Waals surface area contributed by atoms with Crippen LogP contribution < -0.4 is 0 Å². The van der Waals surface area contributed by atoms with E-state index in [1.165, 1.54) is 11.3 Å². The Morgan fingerprint density at radius 2 is 2.22 bits per heavy atom. The molecule has 0 radical (unpaired) electrons. The van der Waals surface area contributed by atoms with Gasteiger partial charge in [0.15, 0.2) is 0 Å². The molecule has 1 heterocycles. The van der Waals surface area contributed by atoms with E-state index in [-0.39, 0.29) is 12.5 Å². The van der Waals surface area contributed by atoms with E-state index in [0.717, 1.165) is 10.2 Å². The van der Waals surface area contributed by atoms with Crippen molar-refractivity contribution < 1.29 is 9.90 Å². The van der Waals surface area contributed by atoms with E-state index in [1.807, 2.05) is 26.0 Å². The molecule has 0 saturated heterocycles. The molecule has 0 aliphatic rings. The van der Waals surface area contributed by atoms with Crippen molar-refractivity contribution in [1.82, 2.24) is 9.88 Å². The number of aromatic nitrogens is 1. The number of amides is 1. The number of carbonyl (C=O) groups is 1. The molecule has 0 saturated carbocycles. The maximum absolute atomic E-state index is 12.3. The van der Waals surface area contributed by atoms with E-state index in [1.54, 1.807) is 23.5 Å². The van der Waals surface area contributed by atoms with Crippen molar-refractivity contribution >= 4 is 27.5 Å². The van der Waals surface area contributed by atoms with Gasteiger partial charge in [-0.15, -0.1) is 11.3 Å². The van der Waals surface area contributed by atoms with Gasteiger partial charge >= 0.3 is 0 Å². The van der Waals surface area contributed by atoms with Crippen molar-refractivity contribution in [2.45, 2.75) is 19.4 Å². The summed E-state index contributed by atoms with van der Waals surface area (Å²) in [4.78, 5) is 18.1. The first-order valence-electron chi connectivity index (χ1n) is 5.68. The Balaban J connectivity index is 2.33. The number of thiazole rings is 1. The van der Waals surface area contributed by atoms with Gasteiger partial charge in [-0.25, -0.2) is 4.98 Å². The Hall–Kier alpha value is -1.46. The predicted molar refractivity (Wildman–Crippen MR) is 72.9 cm³/mol. The second-order valence-electron chi connectivity index (χ2n) is 4.87. The molecule has 4 nitrogen and oxygen atoms in total. The zero-order valence-electron chi connectivity index (χ0n) is 10.7. The van der Waals surface area contributed by atoms with Crippen molar-refractivity contribution in [3.05, 3.63) is 29.3 Å². The van der Waals surface area contributed by atoms with Gasteiger partial charge in [-0.2, -0.15) is 0 Å². The van der Waals surface area contributed by atoms with Gasteiger partial charge in [-0.05, 0) is 32.0 Å². The standard InChI is InChI=1S/C13H16N2O2S/c1-13(2,7-16)15(3)12(17)9-4-5-10-11(6-9)18-8-14-10/h4-6,8,16H,7H2,1-3H3. The van der Waals surface area contributed by atoms with Crippen LogP contribution in [0, 0.1) is 0 Å². The lowest BCUT2D eigenvalue weighted by Gasteiger charge is -2.34. The minimum atomic E-state index is -0.570. The molecule has 96 valence electrons. The van der Waals surface area contributed by atoms with Crippen LogP contribution >= 0.6 is 11.3 Å². The highest BCUT2D eigenvalue weighted by molar-refractivity contribution is 7.16. The van der Waals surface area contributed by atoms with Crippen molar-refractivity contribution in [1.29, 1.82) is 0 Å². The first kappa shape index (κ1) is 13.0. The Kier molecular flexibility index (Phi) is 3.36. The summed E-state index contributed by atoms with van der Waals surface area (Å²) in [6.07, 6.45) is 0. The first-order chi connectivity index (χ1) is 8.45. The fraction of sp³-hybridized carbons (Fsp3) is 0.385. The van der Waals surface area contributed by atoms with Gasteiger partial charge in [0.25, 0.3) is 5.91 Å². The zero-order chi connectivity index (χ0) is 13.3. The molecule has 0 spiro atoms. The molecular formula is C13H16N2O2S. The van der Waals surface area contributed by atoms with E-state index in [2.05, 4.69) is 4.98 Å². The fourth-order valence-corrected chi connectivity index (χ4v) is 2.28. The molecule has 0 aliphatic carbocycles. The maximum atomic E-state index is 12.3. The molecule has 0 aliphatic heterocycles. The Bertz CT molecular complexity index is 577. The smallest absolute Gasteiger partial charge is 0.254 e. The third-order valence-corrected chi connectivity index (χ3v) is 3.97. The van der Waals surface area contributed by atoms with Gasteiger partial charge in [0.2, 0.25) is 0 Å². The average molecular weight is 264 g/mol. The number of aliphatic hydroxyl groups is 1. The number of rotatable bonds is 3.